The number of fused-ring (bicyclic) bond motifs is 7. The first-order valence-corrected chi connectivity index (χ1v) is 17.0. The van der Waals surface area contributed by atoms with Gasteiger partial charge in [0.25, 0.3) is 0 Å². The SMILES string of the molecule is CC1(C)c2cc3c4c5c(ccc4n(-c4cccc(-c6ccccc6)c4)c3cc2C(C)(C)C1(C)C)N(c1ccccc1)c1ccccc1O5. The summed E-state index contributed by atoms with van der Waals surface area (Å²) in [5, 5.41) is 2.36. The Morgan fingerprint density at radius 2 is 1.12 bits per heavy atom. The second kappa shape index (κ2) is 9.87. The molecule has 1 aliphatic carbocycles. The molecule has 7 aromatic rings. The van der Waals surface area contributed by atoms with Gasteiger partial charge in [0, 0.05) is 16.8 Å². The van der Waals surface area contributed by atoms with E-state index in [1.54, 1.807) is 0 Å². The van der Waals surface area contributed by atoms with Crippen LogP contribution in [0.1, 0.15) is 52.7 Å². The Morgan fingerprint density at radius 1 is 0.500 bits per heavy atom. The van der Waals surface area contributed by atoms with Crippen molar-refractivity contribution in [3.8, 4) is 28.3 Å². The Labute approximate surface area is 283 Å². The van der Waals surface area contributed by atoms with Gasteiger partial charge >= 0.3 is 0 Å². The molecule has 0 radical (unpaired) electrons. The van der Waals surface area contributed by atoms with Crippen molar-refractivity contribution in [2.45, 2.75) is 52.4 Å². The zero-order valence-corrected chi connectivity index (χ0v) is 28.5. The number of anilines is 3. The van der Waals surface area contributed by atoms with E-state index in [1.165, 1.54) is 33.2 Å². The number of para-hydroxylation sites is 3. The van der Waals surface area contributed by atoms with Gasteiger partial charge < -0.3 is 14.2 Å². The minimum absolute atomic E-state index is 0.0217. The summed E-state index contributed by atoms with van der Waals surface area (Å²) in [7, 11) is 0. The van der Waals surface area contributed by atoms with Crippen LogP contribution in [0.5, 0.6) is 11.5 Å². The number of nitrogens with zero attached hydrogens (tertiary/aromatic N) is 2. The molecule has 236 valence electrons. The highest BCUT2D eigenvalue weighted by molar-refractivity contribution is 6.16. The number of aromatic nitrogens is 1. The molecule has 2 aliphatic rings. The normalized spacial score (nSPS) is 16.8. The van der Waals surface area contributed by atoms with Crippen LogP contribution >= 0.6 is 0 Å². The fraction of sp³-hybridized carbons (Fsp3) is 0.200. The Bertz CT molecular complexity index is 2400. The molecule has 0 saturated carbocycles. The topological polar surface area (TPSA) is 17.4 Å². The number of hydrogen-bond donors (Lipinski definition) is 0. The number of ether oxygens (including phenoxy) is 1. The van der Waals surface area contributed by atoms with E-state index in [9.17, 15) is 0 Å². The molecule has 0 saturated heterocycles. The molecule has 0 amide bonds. The van der Waals surface area contributed by atoms with Crippen molar-refractivity contribution in [2.24, 2.45) is 5.41 Å². The average Bonchev–Trinajstić information content (AvgIpc) is 3.48. The van der Waals surface area contributed by atoms with Gasteiger partial charge in [-0.15, -0.1) is 0 Å². The minimum Gasteiger partial charge on any atom is -0.452 e. The van der Waals surface area contributed by atoms with Crippen LogP contribution in [-0.2, 0) is 10.8 Å². The van der Waals surface area contributed by atoms with Crippen LogP contribution < -0.4 is 9.64 Å². The van der Waals surface area contributed by atoms with Gasteiger partial charge in [0.1, 0.15) is 0 Å². The molecule has 1 aromatic heterocycles. The summed E-state index contributed by atoms with van der Waals surface area (Å²) in [4.78, 5) is 2.34. The largest absolute Gasteiger partial charge is 0.452 e. The predicted octanol–water partition coefficient (Wildman–Crippen LogP) is 12.6. The monoisotopic (exact) mass is 624 g/mol. The molecule has 6 aromatic carbocycles. The third kappa shape index (κ3) is 3.76. The lowest BCUT2D eigenvalue weighted by Gasteiger charge is -2.44. The van der Waals surface area contributed by atoms with Gasteiger partial charge in [-0.25, -0.2) is 0 Å². The zero-order valence-electron chi connectivity index (χ0n) is 28.5. The molecule has 2 heterocycles. The second-order valence-corrected chi connectivity index (χ2v) is 15.1. The van der Waals surface area contributed by atoms with E-state index >= 15 is 0 Å². The number of benzene rings is 6. The molecule has 0 unspecified atom stereocenters. The Morgan fingerprint density at radius 3 is 1.88 bits per heavy atom. The van der Waals surface area contributed by atoms with Gasteiger partial charge in [0.2, 0.25) is 0 Å². The second-order valence-electron chi connectivity index (χ2n) is 15.1. The van der Waals surface area contributed by atoms with E-state index in [0.717, 1.165) is 45.2 Å². The van der Waals surface area contributed by atoms with Crippen LogP contribution in [0.4, 0.5) is 17.1 Å². The molecule has 0 fully saturated rings. The maximum Gasteiger partial charge on any atom is 0.161 e. The third-order valence-corrected chi connectivity index (χ3v) is 12.3. The van der Waals surface area contributed by atoms with Crippen LogP contribution in [0.2, 0.25) is 0 Å². The van der Waals surface area contributed by atoms with E-state index < -0.39 is 0 Å². The first-order chi connectivity index (χ1) is 23.1. The Balaban J connectivity index is 1.40. The van der Waals surface area contributed by atoms with E-state index in [-0.39, 0.29) is 16.2 Å². The summed E-state index contributed by atoms with van der Waals surface area (Å²) in [5.74, 6) is 1.75. The van der Waals surface area contributed by atoms with Crippen molar-refractivity contribution >= 4 is 38.9 Å². The summed E-state index contributed by atoms with van der Waals surface area (Å²) in [6.07, 6.45) is 0. The lowest BCUT2D eigenvalue weighted by atomic mass is 9.59. The fourth-order valence-electron chi connectivity index (χ4n) is 8.44. The first kappa shape index (κ1) is 28.9. The quantitative estimate of drug-likeness (QED) is 0.195. The summed E-state index contributed by atoms with van der Waals surface area (Å²) >= 11 is 0. The Hall–Kier alpha value is -5.28. The molecular formula is C45H40N2O. The highest BCUT2D eigenvalue weighted by Crippen LogP contribution is 2.63. The summed E-state index contributed by atoms with van der Waals surface area (Å²) < 4.78 is 9.45. The maximum absolute atomic E-state index is 6.99. The van der Waals surface area contributed by atoms with Gasteiger partial charge in [-0.3, -0.25) is 0 Å². The third-order valence-electron chi connectivity index (χ3n) is 12.3. The molecule has 48 heavy (non-hydrogen) atoms. The van der Waals surface area contributed by atoms with Crippen molar-refractivity contribution < 1.29 is 4.74 Å². The van der Waals surface area contributed by atoms with Gasteiger partial charge in [0.05, 0.1) is 27.8 Å². The van der Waals surface area contributed by atoms with Crippen molar-refractivity contribution in [1.82, 2.24) is 4.57 Å². The molecule has 0 atom stereocenters. The molecular weight excluding hydrogens is 585 g/mol. The summed E-state index contributed by atoms with van der Waals surface area (Å²) in [6.45, 7) is 14.6. The molecule has 3 nitrogen and oxygen atoms in total. The van der Waals surface area contributed by atoms with E-state index in [1.807, 2.05) is 0 Å². The standard InChI is InChI=1S/C45H40N2O/c1-43(2)34-27-33-39(28-35(34)44(3,4)45(43,5)6)47(32-21-15-18-30(26-32)29-16-9-7-10-17-29)37-24-25-38-42(41(33)37)48-40-23-14-13-22-36(40)46(38)31-19-11-8-12-20-31/h7-28H,1-6H3. The van der Waals surface area contributed by atoms with Crippen molar-refractivity contribution in [2.75, 3.05) is 4.90 Å². The van der Waals surface area contributed by atoms with Gasteiger partial charge in [-0.2, -0.15) is 0 Å². The minimum atomic E-state index is -0.0277. The summed E-state index contributed by atoms with van der Waals surface area (Å²) in [5.41, 5.74) is 11.9. The van der Waals surface area contributed by atoms with Crippen LogP contribution in [0.25, 0.3) is 38.6 Å². The molecule has 3 heteroatoms. The van der Waals surface area contributed by atoms with Gasteiger partial charge in [-0.05, 0) is 99.2 Å². The van der Waals surface area contributed by atoms with Crippen LogP contribution in [0.3, 0.4) is 0 Å². The molecule has 0 N–H and O–H groups in total. The highest BCUT2D eigenvalue weighted by atomic mass is 16.5. The predicted molar refractivity (Wildman–Crippen MR) is 201 cm³/mol. The maximum atomic E-state index is 6.99. The highest BCUT2D eigenvalue weighted by Gasteiger charge is 2.57. The van der Waals surface area contributed by atoms with E-state index in [0.29, 0.717) is 0 Å². The zero-order chi connectivity index (χ0) is 33.0. The van der Waals surface area contributed by atoms with Crippen LogP contribution in [-0.4, -0.2) is 4.57 Å². The molecule has 1 aliphatic heterocycles. The number of rotatable bonds is 3. The molecule has 9 rings (SSSR count). The number of hydrogen-bond acceptors (Lipinski definition) is 2. The van der Waals surface area contributed by atoms with Crippen molar-refractivity contribution in [3.05, 3.63) is 145 Å². The summed E-state index contributed by atoms with van der Waals surface area (Å²) in [6, 6.07) is 48.1. The van der Waals surface area contributed by atoms with Crippen LogP contribution in [0.15, 0.2) is 133 Å². The molecule has 0 spiro atoms. The van der Waals surface area contributed by atoms with Crippen molar-refractivity contribution in [1.29, 1.82) is 0 Å². The Kier molecular flexibility index (Phi) is 5.94. The first-order valence-electron chi connectivity index (χ1n) is 17.0. The fourth-order valence-corrected chi connectivity index (χ4v) is 8.44. The van der Waals surface area contributed by atoms with Crippen LogP contribution in [0, 0.1) is 5.41 Å². The van der Waals surface area contributed by atoms with Gasteiger partial charge in [-0.1, -0.05) is 114 Å². The van der Waals surface area contributed by atoms with E-state index in [4.69, 9.17) is 4.74 Å². The van der Waals surface area contributed by atoms with Crippen molar-refractivity contribution in [3.63, 3.8) is 0 Å². The molecule has 0 bridgehead atoms. The lowest BCUT2D eigenvalue weighted by Crippen LogP contribution is -2.42. The average molecular weight is 625 g/mol. The smallest absolute Gasteiger partial charge is 0.161 e. The van der Waals surface area contributed by atoms with E-state index in [2.05, 4.69) is 184 Å². The van der Waals surface area contributed by atoms with Gasteiger partial charge in [0.15, 0.2) is 11.5 Å². The lowest BCUT2D eigenvalue weighted by molar-refractivity contribution is 0.125.